The third-order valence-corrected chi connectivity index (χ3v) is 4.50. The summed E-state index contributed by atoms with van der Waals surface area (Å²) in [6.45, 7) is 4.69. The van der Waals surface area contributed by atoms with Gasteiger partial charge in [0.1, 0.15) is 5.82 Å². The molecule has 1 aromatic carbocycles. The summed E-state index contributed by atoms with van der Waals surface area (Å²) in [4.78, 5) is 27.6. The fourth-order valence-electron chi connectivity index (χ4n) is 2.91. The number of likely N-dealkylation sites (tertiary alicyclic amines) is 1. The topological polar surface area (TPSA) is 40.6 Å². The Hall–Kier alpha value is -1.91. The molecule has 1 saturated heterocycles. The van der Waals surface area contributed by atoms with E-state index in [1.54, 1.807) is 29.0 Å². The van der Waals surface area contributed by atoms with Crippen molar-refractivity contribution in [3.63, 3.8) is 0 Å². The average Bonchev–Trinajstić information content (AvgIpc) is 2.53. The molecule has 4 nitrogen and oxygen atoms in total. The standard InChI is InChI=1S/C17H23FN2O2/c1-12(14-6-8-16(18)9-7-14)19(3)17(22)15-5-4-10-20(11-15)13(2)21/h6-9,12,15H,4-5,10-11H2,1-3H3/t12-,15-/m0/s1. The molecular formula is C17H23FN2O2. The van der Waals surface area contributed by atoms with Crippen molar-refractivity contribution in [2.75, 3.05) is 20.1 Å². The van der Waals surface area contributed by atoms with E-state index in [2.05, 4.69) is 0 Å². The molecule has 1 heterocycles. The summed E-state index contributed by atoms with van der Waals surface area (Å²) < 4.78 is 13.0. The molecule has 1 aliphatic rings. The van der Waals surface area contributed by atoms with Gasteiger partial charge in [0.05, 0.1) is 12.0 Å². The quantitative estimate of drug-likeness (QED) is 0.861. The van der Waals surface area contributed by atoms with Gasteiger partial charge in [0, 0.05) is 27.1 Å². The molecular weight excluding hydrogens is 283 g/mol. The molecule has 22 heavy (non-hydrogen) atoms. The average molecular weight is 306 g/mol. The molecule has 2 atom stereocenters. The molecule has 0 radical (unpaired) electrons. The summed E-state index contributed by atoms with van der Waals surface area (Å²) in [5, 5.41) is 0. The maximum Gasteiger partial charge on any atom is 0.227 e. The van der Waals surface area contributed by atoms with Gasteiger partial charge in [-0.15, -0.1) is 0 Å². The first-order valence-corrected chi connectivity index (χ1v) is 7.67. The van der Waals surface area contributed by atoms with Crippen LogP contribution in [0.25, 0.3) is 0 Å². The van der Waals surface area contributed by atoms with Crippen LogP contribution in [0.2, 0.25) is 0 Å². The number of nitrogens with zero attached hydrogens (tertiary/aromatic N) is 2. The van der Waals surface area contributed by atoms with E-state index in [1.807, 2.05) is 6.92 Å². The number of halogens is 1. The van der Waals surface area contributed by atoms with E-state index >= 15 is 0 Å². The molecule has 0 aliphatic carbocycles. The first kappa shape index (κ1) is 16.5. The number of carbonyl (C=O) groups excluding carboxylic acids is 2. The lowest BCUT2D eigenvalue weighted by Crippen LogP contribution is -2.45. The molecule has 1 aromatic rings. The predicted octanol–water partition coefficient (Wildman–Crippen LogP) is 2.60. The summed E-state index contributed by atoms with van der Waals surface area (Å²) in [7, 11) is 1.77. The lowest BCUT2D eigenvalue weighted by molar-refractivity contribution is -0.140. The number of carbonyl (C=O) groups is 2. The SMILES string of the molecule is CC(=O)N1CCC[C@H](C(=O)N(C)[C@@H](C)c2ccc(F)cc2)C1. The van der Waals surface area contributed by atoms with Crippen molar-refractivity contribution in [1.29, 1.82) is 0 Å². The van der Waals surface area contributed by atoms with E-state index in [1.165, 1.54) is 19.1 Å². The van der Waals surface area contributed by atoms with Crippen molar-refractivity contribution in [1.82, 2.24) is 9.80 Å². The van der Waals surface area contributed by atoms with Crippen LogP contribution in [0, 0.1) is 11.7 Å². The lowest BCUT2D eigenvalue weighted by Gasteiger charge is -2.35. The predicted molar refractivity (Wildman–Crippen MR) is 82.6 cm³/mol. The van der Waals surface area contributed by atoms with E-state index in [9.17, 15) is 14.0 Å². The van der Waals surface area contributed by atoms with Crippen LogP contribution < -0.4 is 0 Å². The van der Waals surface area contributed by atoms with Gasteiger partial charge in [-0.3, -0.25) is 9.59 Å². The highest BCUT2D eigenvalue weighted by atomic mass is 19.1. The molecule has 5 heteroatoms. The number of hydrogen-bond donors (Lipinski definition) is 0. The molecule has 1 fully saturated rings. The molecule has 0 unspecified atom stereocenters. The van der Waals surface area contributed by atoms with Crippen LogP contribution in [0.3, 0.4) is 0 Å². The largest absolute Gasteiger partial charge is 0.342 e. The van der Waals surface area contributed by atoms with E-state index in [0.29, 0.717) is 6.54 Å². The minimum absolute atomic E-state index is 0.0201. The van der Waals surface area contributed by atoms with Crippen molar-refractivity contribution in [2.45, 2.75) is 32.7 Å². The summed E-state index contributed by atoms with van der Waals surface area (Å²) >= 11 is 0. The third kappa shape index (κ3) is 3.64. The smallest absolute Gasteiger partial charge is 0.227 e. The number of amides is 2. The van der Waals surface area contributed by atoms with Gasteiger partial charge in [-0.2, -0.15) is 0 Å². The number of rotatable bonds is 3. The van der Waals surface area contributed by atoms with Crippen molar-refractivity contribution >= 4 is 11.8 Å². The maximum absolute atomic E-state index is 13.0. The number of hydrogen-bond acceptors (Lipinski definition) is 2. The first-order chi connectivity index (χ1) is 10.4. The Bertz CT molecular complexity index is 544. The molecule has 0 N–H and O–H groups in total. The molecule has 0 saturated carbocycles. The Labute approximate surface area is 130 Å². The van der Waals surface area contributed by atoms with E-state index in [0.717, 1.165) is 24.9 Å². The molecule has 0 spiro atoms. The van der Waals surface area contributed by atoms with Crippen LogP contribution in [0.4, 0.5) is 4.39 Å². The highest BCUT2D eigenvalue weighted by Gasteiger charge is 2.30. The van der Waals surface area contributed by atoms with E-state index in [4.69, 9.17) is 0 Å². The summed E-state index contributed by atoms with van der Waals surface area (Å²) in [6, 6.07) is 6.09. The van der Waals surface area contributed by atoms with Crippen LogP contribution >= 0.6 is 0 Å². The molecule has 2 rings (SSSR count). The Balaban J connectivity index is 2.04. The van der Waals surface area contributed by atoms with Crippen molar-refractivity contribution in [3.8, 4) is 0 Å². The molecule has 0 bridgehead atoms. The summed E-state index contributed by atoms with van der Waals surface area (Å²) in [6.07, 6.45) is 1.66. The van der Waals surface area contributed by atoms with Gasteiger partial charge in [-0.25, -0.2) is 4.39 Å². The van der Waals surface area contributed by atoms with Gasteiger partial charge in [-0.1, -0.05) is 12.1 Å². The zero-order valence-electron chi connectivity index (χ0n) is 13.4. The second-order valence-corrected chi connectivity index (χ2v) is 5.98. The van der Waals surface area contributed by atoms with Gasteiger partial charge in [-0.05, 0) is 37.5 Å². The van der Waals surface area contributed by atoms with Crippen molar-refractivity contribution in [2.24, 2.45) is 5.92 Å². The van der Waals surface area contributed by atoms with Crippen molar-refractivity contribution in [3.05, 3.63) is 35.6 Å². The van der Waals surface area contributed by atoms with E-state index in [-0.39, 0.29) is 29.6 Å². The van der Waals surface area contributed by atoms with Crippen LogP contribution in [0.15, 0.2) is 24.3 Å². The lowest BCUT2D eigenvalue weighted by atomic mass is 9.95. The molecule has 120 valence electrons. The summed E-state index contributed by atoms with van der Waals surface area (Å²) in [5.41, 5.74) is 0.900. The highest BCUT2D eigenvalue weighted by Crippen LogP contribution is 2.24. The zero-order chi connectivity index (χ0) is 16.3. The number of piperidine rings is 1. The Morgan fingerprint density at radius 2 is 1.95 bits per heavy atom. The second kappa shape index (κ2) is 6.90. The Morgan fingerprint density at radius 1 is 1.32 bits per heavy atom. The van der Waals surface area contributed by atoms with Crippen LogP contribution in [-0.4, -0.2) is 41.8 Å². The zero-order valence-corrected chi connectivity index (χ0v) is 13.4. The molecule has 2 amide bonds. The van der Waals surface area contributed by atoms with Gasteiger partial charge in [0.25, 0.3) is 0 Å². The van der Waals surface area contributed by atoms with E-state index < -0.39 is 0 Å². The minimum atomic E-state index is -0.283. The van der Waals surface area contributed by atoms with Crippen LogP contribution in [0.1, 0.15) is 38.3 Å². The minimum Gasteiger partial charge on any atom is -0.342 e. The van der Waals surface area contributed by atoms with Gasteiger partial charge >= 0.3 is 0 Å². The second-order valence-electron chi connectivity index (χ2n) is 5.98. The third-order valence-electron chi connectivity index (χ3n) is 4.50. The monoisotopic (exact) mass is 306 g/mol. The molecule has 1 aliphatic heterocycles. The maximum atomic E-state index is 13.0. The van der Waals surface area contributed by atoms with Crippen LogP contribution in [-0.2, 0) is 9.59 Å². The van der Waals surface area contributed by atoms with Crippen LogP contribution in [0.5, 0.6) is 0 Å². The number of benzene rings is 1. The normalized spacial score (nSPS) is 19.6. The summed E-state index contributed by atoms with van der Waals surface area (Å²) in [5.74, 6) is -0.366. The van der Waals surface area contributed by atoms with Gasteiger partial charge in [0.15, 0.2) is 0 Å². The fraction of sp³-hybridized carbons (Fsp3) is 0.529. The van der Waals surface area contributed by atoms with Gasteiger partial charge < -0.3 is 9.80 Å². The molecule has 0 aromatic heterocycles. The Kier molecular flexibility index (Phi) is 5.16. The van der Waals surface area contributed by atoms with Gasteiger partial charge in [0.2, 0.25) is 11.8 Å². The fourth-order valence-corrected chi connectivity index (χ4v) is 2.91. The highest BCUT2D eigenvalue weighted by molar-refractivity contribution is 5.81. The Morgan fingerprint density at radius 3 is 2.55 bits per heavy atom. The first-order valence-electron chi connectivity index (χ1n) is 7.67. The van der Waals surface area contributed by atoms with Crippen molar-refractivity contribution < 1.29 is 14.0 Å².